The topological polar surface area (TPSA) is 84.5 Å². The molecule has 31 heavy (non-hydrogen) atoms. The highest BCUT2D eigenvalue weighted by Crippen LogP contribution is 2.22. The molecule has 1 saturated carbocycles. The number of nitrogens with zero attached hydrogens (tertiary/aromatic N) is 4. The molecule has 0 radical (unpaired) electrons. The number of amides is 1. The molecule has 0 unspecified atom stereocenters. The first-order valence-corrected chi connectivity index (χ1v) is 10.7. The molecule has 4 aromatic rings. The Labute approximate surface area is 180 Å². The van der Waals surface area contributed by atoms with E-state index in [2.05, 4.69) is 27.6 Å². The molecule has 5 rings (SSSR count). The van der Waals surface area contributed by atoms with E-state index >= 15 is 0 Å². The van der Waals surface area contributed by atoms with Crippen LogP contribution in [0.3, 0.4) is 0 Å². The lowest BCUT2D eigenvalue weighted by Crippen LogP contribution is -2.45. The molecule has 1 amide bonds. The molecule has 0 saturated heterocycles. The minimum Gasteiger partial charge on any atom is -0.391 e. The van der Waals surface area contributed by atoms with Gasteiger partial charge in [0.25, 0.3) is 5.91 Å². The second kappa shape index (κ2) is 8.35. The van der Waals surface area contributed by atoms with Crippen LogP contribution >= 0.6 is 0 Å². The first kappa shape index (κ1) is 19.5. The normalized spacial score (nSPS) is 18.9. The molecule has 2 atom stereocenters. The van der Waals surface area contributed by atoms with Crippen molar-refractivity contribution >= 4 is 11.4 Å². The Balaban J connectivity index is 1.40. The SMILES string of the molecule is O=C(N[C@H]1CCCC[C@@H]1O)c1cc(Cc2ccc(-n3cccn3)cc2)c2cccnn12. The molecule has 7 heteroatoms. The Bertz CT molecular complexity index is 1180. The Morgan fingerprint density at radius 3 is 2.65 bits per heavy atom. The maximum Gasteiger partial charge on any atom is 0.270 e. The summed E-state index contributed by atoms with van der Waals surface area (Å²) in [5.74, 6) is -0.195. The zero-order chi connectivity index (χ0) is 21.2. The van der Waals surface area contributed by atoms with Gasteiger partial charge in [0.2, 0.25) is 0 Å². The highest BCUT2D eigenvalue weighted by Gasteiger charge is 2.26. The molecule has 1 aliphatic rings. The summed E-state index contributed by atoms with van der Waals surface area (Å²) in [6, 6.07) is 15.7. The van der Waals surface area contributed by atoms with Crippen molar-refractivity contribution < 1.29 is 9.90 Å². The fraction of sp³-hybridized carbons (Fsp3) is 0.292. The van der Waals surface area contributed by atoms with Gasteiger partial charge in [-0.15, -0.1) is 0 Å². The van der Waals surface area contributed by atoms with Crippen molar-refractivity contribution in [3.05, 3.63) is 83.9 Å². The van der Waals surface area contributed by atoms with Gasteiger partial charge in [0.05, 0.1) is 23.3 Å². The highest BCUT2D eigenvalue weighted by atomic mass is 16.3. The molecule has 0 aliphatic heterocycles. The summed E-state index contributed by atoms with van der Waals surface area (Å²) in [5, 5.41) is 21.9. The lowest BCUT2D eigenvalue weighted by Gasteiger charge is -2.28. The lowest BCUT2D eigenvalue weighted by atomic mass is 9.92. The average Bonchev–Trinajstić information content (AvgIpc) is 3.45. The van der Waals surface area contributed by atoms with E-state index in [9.17, 15) is 9.90 Å². The first-order chi connectivity index (χ1) is 15.2. The summed E-state index contributed by atoms with van der Waals surface area (Å²) in [6.45, 7) is 0. The Kier molecular flexibility index (Phi) is 5.26. The number of hydrogen-bond acceptors (Lipinski definition) is 4. The Morgan fingerprint density at radius 2 is 1.87 bits per heavy atom. The molecular weight excluding hydrogens is 390 g/mol. The largest absolute Gasteiger partial charge is 0.391 e. The van der Waals surface area contributed by atoms with Crippen LogP contribution in [0.5, 0.6) is 0 Å². The van der Waals surface area contributed by atoms with Gasteiger partial charge in [0.1, 0.15) is 5.69 Å². The van der Waals surface area contributed by atoms with Crippen LogP contribution in [-0.4, -0.2) is 42.6 Å². The maximum atomic E-state index is 13.0. The summed E-state index contributed by atoms with van der Waals surface area (Å²) in [4.78, 5) is 13.0. The van der Waals surface area contributed by atoms with Crippen molar-refractivity contribution in [1.29, 1.82) is 0 Å². The number of benzene rings is 1. The molecule has 2 N–H and O–H groups in total. The van der Waals surface area contributed by atoms with Crippen LogP contribution in [0.2, 0.25) is 0 Å². The monoisotopic (exact) mass is 415 g/mol. The molecule has 0 spiro atoms. The summed E-state index contributed by atoms with van der Waals surface area (Å²) in [7, 11) is 0. The van der Waals surface area contributed by atoms with E-state index in [1.54, 1.807) is 16.9 Å². The van der Waals surface area contributed by atoms with Gasteiger partial charge in [-0.2, -0.15) is 10.2 Å². The quantitative estimate of drug-likeness (QED) is 0.524. The predicted octanol–water partition coefficient (Wildman–Crippen LogP) is 3.14. The van der Waals surface area contributed by atoms with Gasteiger partial charge < -0.3 is 10.4 Å². The minimum atomic E-state index is -0.482. The van der Waals surface area contributed by atoms with E-state index in [0.29, 0.717) is 12.1 Å². The molecular formula is C24H25N5O2. The third kappa shape index (κ3) is 3.96. The second-order valence-corrected chi connectivity index (χ2v) is 8.10. The molecule has 3 heterocycles. The van der Waals surface area contributed by atoms with Crippen LogP contribution in [0.25, 0.3) is 11.2 Å². The van der Waals surface area contributed by atoms with Crippen LogP contribution in [0.4, 0.5) is 0 Å². The molecule has 1 aliphatic carbocycles. The van der Waals surface area contributed by atoms with Gasteiger partial charge in [-0.05, 0) is 66.8 Å². The molecule has 3 aromatic heterocycles. The molecule has 7 nitrogen and oxygen atoms in total. The number of carbonyl (C=O) groups excluding carboxylic acids is 1. The zero-order valence-corrected chi connectivity index (χ0v) is 17.2. The fourth-order valence-corrected chi connectivity index (χ4v) is 4.34. The Morgan fingerprint density at radius 1 is 1.06 bits per heavy atom. The molecule has 1 fully saturated rings. The van der Waals surface area contributed by atoms with Crippen LogP contribution in [0.15, 0.2) is 67.1 Å². The van der Waals surface area contributed by atoms with Crippen LogP contribution in [-0.2, 0) is 6.42 Å². The average molecular weight is 415 g/mol. The van der Waals surface area contributed by atoms with Gasteiger partial charge in [-0.3, -0.25) is 4.79 Å². The summed E-state index contributed by atoms with van der Waals surface area (Å²) in [6.07, 6.45) is 9.13. The maximum absolute atomic E-state index is 13.0. The van der Waals surface area contributed by atoms with E-state index in [0.717, 1.165) is 48.0 Å². The van der Waals surface area contributed by atoms with E-state index in [1.165, 1.54) is 0 Å². The molecule has 0 bridgehead atoms. The van der Waals surface area contributed by atoms with Crippen LogP contribution < -0.4 is 5.32 Å². The van der Waals surface area contributed by atoms with E-state index in [1.807, 2.05) is 47.3 Å². The third-order valence-corrected chi connectivity index (χ3v) is 6.00. The number of aliphatic hydroxyl groups is 1. The van der Waals surface area contributed by atoms with Gasteiger partial charge in [0, 0.05) is 18.6 Å². The lowest BCUT2D eigenvalue weighted by molar-refractivity contribution is 0.0712. The summed E-state index contributed by atoms with van der Waals surface area (Å²) >= 11 is 0. The predicted molar refractivity (Wildman–Crippen MR) is 117 cm³/mol. The number of nitrogens with one attached hydrogen (secondary N) is 1. The van der Waals surface area contributed by atoms with E-state index in [-0.39, 0.29) is 11.9 Å². The van der Waals surface area contributed by atoms with Crippen molar-refractivity contribution in [3.8, 4) is 5.69 Å². The third-order valence-electron chi connectivity index (χ3n) is 6.00. The highest BCUT2D eigenvalue weighted by molar-refractivity contribution is 5.94. The van der Waals surface area contributed by atoms with Gasteiger partial charge in [0.15, 0.2) is 0 Å². The molecule has 1 aromatic carbocycles. The minimum absolute atomic E-state index is 0.195. The van der Waals surface area contributed by atoms with Gasteiger partial charge in [-0.1, -0.05) is 25.0 Å². The van der Waals surface area contributed by atoms with Crippen molar-refractivity contribution in [3.63, 3.8) is 0 Å². The number of hydrogen-bond donors (Lipinski definition) is 2. The summed E-state index contributed by atoms with van der Waals surface area (Å²) < 4.78 is 3.52. The van der Waals surface area contributed by atoms with Crippen LogP contribution in [0.1, 0.15) is 47.3 Å². The zero-order valence-electron chi connectivity index (χ0n) is 17.2. The second-order valence-electron chi connectivity index (χ2n) is 8.10. The number of carbonyl (C=O) groups is 1. The van der Waals surface area contributed by atoms with Crippen molar-refractivity contribution in [1.82, 2.24) is 24.7 Å². The first-order valence-electron chi connectivity index (χ1n) is 10.7. The summed E-state index contributed by atoms with van der Waals surface area (Å²) in [5.41, 5.74) is 4.59. The number of aromatic nitrogens is 4. The van der Waals surface area contributed by atoms with Crippen molar-refractivity contribution in [2.75, 3.05) is 0 Å². The van der Waals surface area contributed by atoms with Crippen molar-refractivity contribution in [2.24, 2.45) is 0 Å². The van der Waals surface area contributed by atoms with Crippen molar-refractivity contribution in [2.45, 2.75) is 44.2 Å². The standard InChI is InChI=1S/C24H25N5O2/c30-23-7-2-1-5-20(23)27-24(31)22-16-18(21-6-3-12-26-29(21)22)15-17-8-10-19(11-9-17)28-14-4-13-25-28/h3-4,6,8-14,16,20,23,30H,1-2,5,7,15H2,(H,27,31)/t20-,23-/m0/s1. The number of fused-ring (bicyclic) bond motifs is 1. The van der Waals surface area contributed by atoms with Gasteiger partial charge in [-0.25, -0.2) is 9.20 Å². The van der Waals surface area contributed by atoms with E-state index in [4.69, 9.17) is 0 Å². The van der Waals surface area contributed by atoms with Gasteiger partial charge >= 0.3 is 0 Å². The van der Waals surface area contributed by atoms with E-state index < -0.39 is 6.10 Å². The van der Waals surface area contributed by atoms with Crippen LogP contribution in [0, 0.1) is 0 Å². The molecule has 158 valence electrons. The fourth-order valence-electron chi connectivity index (χ4n) is 4.34. The smallest absolute Gasteiger partial charge is 0.270 e. The number of rotatable bonds is 5. The Hall–Kier alpha value is -3.45. The number of aliphatic hydroxyl groups excluding tert-OH is 1.